The van der Waals surface area contributed by atoms with Gasteiger partial charge >= 0.3 is 0 Å². The van der Waals surface area contributed by atoms with Crippen LogP contribution >= 0.6 is 0 Å². The molecule has 1 atom stereocenters. The third-order valence-corrected chi connectivity index (χ3v) is 2.74. The Balaban J connectivity index is 1.81. The summed E-state index contributed by atoms with van der Waals surface area (Å²) >= 11 is 0. The van der Waals surface area contributed by atoms with Gasteiger partial charge in [-0.25, -0.2) is 4.98 Å². The van der Waals surface area contributed by atoms with Gasteiger partial charge in [-0.2, -0.15) is 5.10 Å². The summed E-state index contributed by atoms with van der Waals surface area (Å²) in [6, 6.07) is 3.64. The van der Waals surface area contributed by atoms with Gasteiger partial charge in [-0.3, -0.25) is 14.9 Å². The summed E-state index contributed by atoms with van der Waals surface area (Å²) in [5.41, 5.74) is 1.05. The van der Waals surface area contributed by atoms with E-state index >= 15 is 0 Å². The van der Waals surface area contributed by atoms with E-state index in [9.17, 15) is 4.79 Å². The molecule has 2 aromatic rings. The minimum Gasteiger partial charge on any atom is -0.346 e. The topological polar surface area (TPSA) is 83.6 Å². The van der Waals surface area contributed by atoms with Crippen molar-refractivity contribution in [2.24, 2.45) is 0 Å². The van der Waals surface area contributed by atoms with Gasteiger partial charge in [0.1, 0.15) is 5.82 Å². The maximum Gasteiger partial charge on any atom is 0.220 e. The Bertz CT molecular complexity index is 537. The molecule has 100 valence electrons. The average molecular weight is 259 g/mol. The van der Waals surface area contributed by atoms with Crippen molar-refractivity contribution in [1.29, 1.82) is 0 Å². The zero-order chi connectivity index (χ0) is 13.7. The number of carbonyl (C=O) groups is 1. The van der Waals surface area contributed by atoms with Crippen LogP contribution in [0.5, 0.6) is 0 Å². The van der Waals surface area contributed by atoms with E-state index in [1.54, 1.807) is 12.4 Å². The zero-order valence-corrected chi connectivity index (χ0v) is 11.1. The predicted molar refractivity (Wildman–Crippen MR) is 70.2 cm³/mol. The Labute approximate surface area is 111 Å². The summed E-state index contributed by atoms with van der Waals surface area (Å²) in [4.78, 5) is 20.0. The minimum absolute atomic E-state index is 0.0150. The normalized spacial score (nSPS) is 12.1. The number of H-pyrrole nitrogens is 1. The monoisotopic (exact) mass is 259 g/mol. The lowest BCUT2D eigenvalue weighted by Gasteiger charge is -2.10. The first kappa shape index (κ1) is 13.2. The van der Waals surface area contributed by atoms with Crippen molar-refractivity contribution in [1.82, 2.24) is 25.5 Å². The number of pyridine rings is 1. The molecular weight excluding hydrogens is 242 g/mol. The molecule has 0 bridgehead atoms. The summed E-state index contributed by atoms with van der Waals surface area (Å²) in [5.74, 6) is 1.33. The molecule has 2 rings (SSSR count). The number of nitrogens with zero attached hydrogens (tertiary/aromatic N) is 3. The summed E-state index contributed by atoms with van der Waals surface area (Å²) in [7, 11) is 0. The second-order valence-electron chi connectivity index (χ2n) is 4.43. The largest absolute Gasteiger partial charge is 0.346 e. The van der Waals surface area contributed by atoms with Gasteiger partial charge in [0.15, 0.2) is 5.82 Å². The number of aryl methyl sites for hydroxylation is 2. The first-order valence-electron chi connectivity index (χ1n) is 6.22. The number of nitrogens with one attached hydrogen (secondary N) is 2. The fourth-order valence-electron chi connectivity index (χ4n) is 1.74. The maximum absolute atomic E-state index is 11.8. The second-order valence-corrected chi connectivity index (χ2v) is 4.43. The highest BCUT2D eigenvalue weighted by Gasteiger charge is 2.13. The summed E-state index contributed by atoms with van der Waals surface area (Å²) in [6.07, 6.45) is 4.60. The molecule has 0 aliphatic carbocycles. The highest BCUT2D eigenvalue weighted by Crippen LogP contribution is 2.07. The van der Waals surface area contributed by atoms with Gasteiger partial charge in [0.2, 0.25) is 5.91 Å². The molecule has 0 aliphatic rings. The van der Waals surface area contributed by atoms with E-state index in [2.05, 4.69) is 25.5 Å². The van der Waals surface area contributed by atoms with Crippen LogP contribution in [0.25, 0.3) is 0 Å². The van der Waals surface area contributed by atoms with E-state index in [-0.39, 0.29) is 11.9 Å². The van der Waals surface area contributed by atoms with Crippen LogP contribution in [-0.2, 0) is 11.2 Å². The fourth-order valence-corrected chi connectivity index (χ4v) is 1.74. The standard InChI is InChI=1S/C13H17N5O/c1-9(13-16-10(2)17-18-13)15-12(19)6-5-11-4-3-7-14-8-11/h3-4,7-9H,5-6H2,1-2H3,(H,15,19)(H,16,17,18). The molecule has 1 amide bonds. The third kappa shape index (κ3) is 3.87. The van der Waals surface area contributed by atoms with Crippen LogP contribution in [0, 0.1) is 6.92 Å². The van der Waals surface area contributed by atoms with Gasteiger partial charge < -0.3 is 5.32 Å². The van der Waals surface area contributed by atoms with Gasteiger partial charge in [-0.1, -0.05) is 6.07 Å². The van der Waals surface area contributed by atoms with Gasteiger partial charge in [0.25, 0.3) is 0 Å². The van der Waals surface area contributed by atoms with Crippen LogP contribution in [-0.4, -0.2) is 26.1 Å². The molecule has 1 unspecified atom stereocenters. The molecule has 0 aromatic carbocycles. The van der Waals surface area contributed by atoms with E-state index < -0.39 is 0 Å². The Hall–Kier alpha value is -2.24. The van der Waals surface area contributed by atoms with E-state index in [1.807, 2.05) is 26.0 Å². The van der Waals surface area contributed by atoms with Gasteiger partial charge in [0.05, 0.1) is 6.04 Å². The summed E-state index contributed by atoms with van der Waals surface area (Å²) < 4.78 is 0. The highest BCUT2D eigenvalue weighted by molar-refractivity contribution is 5.76. The van der Waals surface area contributed by atoms with Crippen molar-refractivity contribution < 1.29 is 4.79 Å². The Kier molecular flexibility index (Phi) is 4.22. The number of aromatic nitrogens is 4. The molecule has 0 radical (unpaired) electrons. The molecule has 2 aromatic heterocycles. The van der Waals surface area contributed by atoms with Crippen molar-refractivity contribution in [3.05, 3.63) is 41.7 Å². The smallest absolute Gasteiger partial charge is 0.220 e. The number of hydrogen-bond acceptors (Lipinski definition) is 4. The Morgan fingerprint density at radius 3 is 3.00 bits per heavy atom. The SMILES string of the molecule is Cc1nc(C(C)NC(=O)CCc2cccnc2)n[nH]1. The van der Waals surface area contributed by atoms with Crippen molar-refractivity contribution in [3.8, 4) is 0 Å². The van der Waals surface area contributed by atoms with Crippen molar-refractivity contribution in [2.75, 3.05) is 0 Å². The van der Waals surface area contributed by atoms with E-state index in [0.29, 0.717) is 18.7 Å². The van der Waals surface area contributed by atoms with Crippen LogP contribution in [0.1, 0.15) is 36.6 Å². The quantitative estimate of drug-likeness (QED) is 0.848. The van der Waals surface area contributed by atoms with Crippen LogP contribution in [0.3, 0.4) is 0 Å². The van der Waals surface area contributed by atoms with Gasteiger partial charge in [-0.15, -0.1) is 0 Å². The second kappa shape index (κ2) is 6.08. The molecular formula is C13H17N5O. The summed E-state index contributed by atoms with van der Waals surface area (Å²) in [6.45, 7) is 3.69. The van der Waals surface area contributed by atoms with E-state index in [1.165, 1.54) is 0 Å². The lowest BCUT2D eigenvalue weighted by molar-refractivity contribution is -0.121. The molecule has 0 aliphatic heterocycles. The molecule has 6 heteroatoms. The molecule has 19 heavy (non-hydrogen) atoms. The number of hydrogen-bond donors (Lipinski definition) is 2. The Morgan fingerprint density at radius 2 is 2.37 bits per heavy atom. The molecule has 0 saturated heterocycles. The van der Waals surface area contributed by atoms with E-state index in [4.69, 9.17) is 0 Å². The van der Waals surface area contributed by atoms with Gasteiger partial charge in [0, 0.05) is 18.8 Å². The predicted octanol–water partition coefficient (Wildman–Crippen LogP) is 1.32. The minimum atomic E-state index is -0.189. The number of aromatic amines is 1. The van der Waals surface area contributed by atoms with Crippen molar-refractivity contribution >= 4 is 5.91 Å². The van der Waals surface area contributed by atoms with Crippen LogP contribution in [0.15, 0.2) is 24.5 Å². The van der Waals surface area contributed by atoms with Crippen molar-refractivity contribution in [3.63, 3.8) is 0 Å². The van der Waals surface area contributed by atoms with Gasteiger partial charge in [-0.05, 0) is 31.9 Å². The Morgan fingerprint density at radius 1 is 1.53 bits per heavy atom. The van der Waals surface area contributed by atoms with E-state index in [0.717, 1.165) is 11.4 Å². The molecule has 0 saturated carbocycles. The van der Waals surface area contributed by atoms with Crippen LogP contribution < -0.4 is 5.32 Å². The molecule has 0 spiro atoms. The first-order valence-corrected chi connectivity index (χ1v) is 6.22. The van der Waals surface area contributed by atoms with Crippen LogP contribution in [0.4, 0.5) is 0 Å². The lowest BCUT2D eigenvalue weighted by atomic mass is 10.1. The first-order chi connectivity index (χ1) is 9.15. The number of amides is 1. The summed E-state index contributed by atoms with van der Waals surface area (Å²) in [5, 5.41) is 9.66. The zero-order valence-electron chi connectivity index (χ0n) is 11.1. The van der Waals surface area contributed by atoms with Crippen molar-refractivity contribution in [2.45, 2.75) is 32.7 Å². The maximum atomic E-state index is 11.8. The average Bonchev–Trinajstić information content (AvgIpc) is 2.84. The highest BCUT2D eigenvalue weighted by atomic mass is 16.1. The number of carbonyl (C=O) groups excluding carboxylic acids is 1. The molecule has 0 fully saturated rings. The molecule has 6 nitrogen and oxygen atoms in total. The lowest BCUT2D eigenvalue weighted by Crippen LogP contribution is -2.27. The third-order valence-electron chi connectivity index (χ3n) is 2.74. The fraction of sp³-hybridized carbons (Fsp3) is 0.385. The molecule has 2 heterocycles. The number of rotatable bonds is 5. The van der Waals surface area contributed by atoms with Crippen LogP contribution in [0.2, 0.25) is 0 Å². The molecule has 2 N–H and O–H groups in total.